The van der Waals surface area contributed by atoms with Crippen LogP contribution in [0.4, 0.5) is 4.39 Å². The molecule has 3 aliphatic carbocycles. The second-order valence-electron chi connectivity index (χ2n) is 12.4. The number of aryl methyl sites for hydroxylation is 1. The molecule has 3 atom stereocenters. The zero-order valence-electron chi connectivity index (χ0n) is 23.1. The summed E-state index contributed by atoms with van der Waals surface area (Å²) in [5, 5.41) is 9.75. The Balaban J connectivity index is 1.31. The van der Waals surface area contributed by atoms with E-state index in [9.17, 15) is 9.90 Å². The SMILES string of the molecule is COc1ccc(F)c(-c2ccc(COc3ccc4c(c3)[C@@]3(CC4)CC[C@@H]3C(=O)O)cc2[C@@H]2CCCC2(C)C)c1. The van der Waals surface area contributed by atoms with Crippen molar-refractivity contribution < 1.29 is 23.8 Å². The van der Waals surface area contributed by atoms with Crippen molar-refractivity contribution in [3.05, 3.63) is 82.7 Å². The first-order chi connectivity index (χ1) is 18.7. The van der Waals surface area contributed by atoms with Crippen molar-refractivity contribution in [2.45, 2.75) is 76.7 Å². The Morgan fingerprint density at radius 2 is 1.79 bits per heavy atom. The molecule has 39 heavy (non-hydrogen) atoms. The maximum atomic E-state index is 15.1. The third-order valence-corrected chi connectivity index (χ3v) is 9.92. The molecule has 0 saturated heterocycles. The van der Waals surface area contributed by atoms with Crippen LogP contribution in [0.3, 0.4) is 0 Å². The van der Waals surface area contributed by atoms with E-state index in [1.54, 1.807) is 19.2 Å². The Morgan fingerprint density at radius 3 is 2.49 bits per heavy atom. The van der Waals surface area contributed by atoms with Gasteiger partial charge in [-0.1, -0.05) is 44.5 Å². The average Bonchev–Trinajstić information content (AvgIpc) is 3.47. The number of hydrogen-bond donors (Lipinski definition) is 1. The van der Waals surface area contributed by atoms with Crippen molar-refractivity contribution in [1.82, 2.24) is 0 Å². The van der Waals surface area contributed by atoms with Crippen molar-refractivity contribution >= 4 is 5.97 Å². The molecule has 0 aromatic heterocycles. The molecule has 0 amide bonds. The van der Waals surface area contributed by atoms with E-state index in [4.69, 9.17) is 9.47 Å². The number of benzene rings is 3. The van der Waals surface area contributed by atoms with Gasteiger partial charge in [0.1, 0.15) is 23.9 Å². The molecule has 2 saturated carbocycles. The van der Waals surface area contributed by atoms with Gasteiger partial charge in [-0.15, -0.1) is 0 Å². The van der Waals surface area contributed by atoms with E-state index in [0.29, 0.717) is 23.8 Å². The van der Waals surface area contributed by atoms with Crippen molar-refractivity contribution in [3.63, 3.8) is 0 Å². The van der Waals surface area contributed by atoms with Gasteiger partial charge in [0.2, 0.25) is 0 Å². The quantitative estimate of drug-likeness (QED) is 0.337. The van der Waals surface area contributed by atoms with Crippen LogP contribution in [0, 0.1) is 17.2 Å². The average molecular weight is 529 g/mol. The highest BCUT2D eigenvalue weighted by atomic mass is 19.1. The van der Waals surface area contributed by atoms with Crippen LogP contribution in [0.25, 0.3) is 11.1 Å². The van der Waals surface area contributed by atoms with E-state index in [2.05, 4.69) is 32.0 Å². The highest BCUT2D eigenvalue weighted by Crippen LogP contribution is 2.57. The van der Waals surface area contributed by atoms with Gasteiger partial charge in [-0.3, -0.25) is 4.79 Å². The predicted molar refractivity (Wildman–Crippen MR) is 150 cm³/mol. The van der Waals surface area contributed by atoms with E-state index >= 15 is 4.39 Å². The molecule has 1 N–H and O–H groups in total. The highest BCUT2D eigenvalue weighted by molar-refractivity contribution is 5.75. The number of aliphatic carboxylic acids is 1. The monoisotopic (exact) mass is 528 g/mol. The minimum atomic E-state index is -0.685. The summed E-state index contributed by atoms with van der Waals surface area (Å²) in [7, 11) is 1.60. The number of halogens is 1. The lowest BCUT2D eigenvalue weighted by Crippen LogP contribution is -2.46. The Labute approximate surface area is 230 Å². The Bertz CT molecular complexity index is 1430. The van der Waals surface area contributed by atoms with Gasteiger partial charge in [0.15, 0.2) is 0 Å². The van der Waals surface area contributed by atoms with Gasteiger partial charge in [-0.25, -0.2) is 4.39 Å². The number of ether oxygens (including phenoxy) is 2. The van der Waals surface area contributed by atoms with Crippen LogP contribution < -0.4 is 9.47 Å². The molecule has 1 spiro atoms. The summed E-state index contributed by atoms with van der Waals surface area (Å²) in [6, 6.07) is 17.4. The lowest BCUT2D eigenvalue weighted by Gasteiger charge is -2.45. The third-order valence-electron chi connectivity index (χ3n) is 9.92. The number of hydrogen-bond acceptors (Lipinski definition) is 3. The van der Waals surface area contributed by atoms with Crippen molar-refractivity contribution in [1.29, 1.82) is 0 Å². The summed E-state index contributed by atoms with van der Waals surface area (Å²) in [6.45, 7) is 5.02. The standard InChI is InChI=1S/C34H37FO4/c1-33(2)14-4-5-28(33)26-17-21(6-10-25(26)27-18-23(38-3)9-11-31(27)35)20-39-24-8-7-22-12-15-34(30(22)19-24)16-13-29(34)32(36)37/h6-11,17-19,28-29H,4-5,12-16,20H2,1-3H3,(H,36,37)/t28-,29+,34-/m0/s1. The second kappa shape index (κ2) is 9.69. The number of carbonyl (C=O) groups is 1. The topological polar surface area (TPSA) is 55.8 Å². The summed E-state index contributed by atoms with van der Waals surface area (Å²) in [5.74, 6) is 0.508. The summed E-state index contributed by atoms with van der Waals surface area (Å²) >= 11 is 0. The summed E-state index contributed by atoms with van der Waals surface area (Å²) in [5.41, 5.74) is 6.00. The Kier molecular flexibility index (Phi) is 6.44. The van der Waals surface area contributed by atoms with Crippen LogP contribution in [0.15, 0.2) is 54.6 Å². The molecule has 5 heteroatoms. The second-order valence-corrected chi connectivity index (χ2v) is 12.4. The molecule has 204 valence electrons. The van der Waals surface area contributed by atoms with E-state index in [0.717, 1.165) is 72.9 Å². The third kappa shape index (κ3) is 4.40. The summed E-state index contributed by atoms with van der Waals surface area (Å²) < 4.78 is 26.8. The van der Waals surface area contributed by atoms with E-state index in [-0.39, 0.29) is 22.6 Å². The normalized spacial score (nSPS) is 24.8. The fourth-order valence-corrected chi connectivity index (χ4v) is 7.58. The molecular formula is C34H37FO4. The van der Waals surface area contributed by atoms with Gasteiger partial charge in [-0.2, -0.15) is 0 Å². The van der Waals surface area contributed by atoms with E-state index < -0.39 is 5.97 Å². The smallest absolute Gasteiger partial charge is 0.307 e. The van der Waals surface area contributed by atoms with Gasteiger partial charge in [0.05, 0.1) is 13.0 Å². The summed E-state index contributed by atoms with van der Waals surface area (Å²) in [6.07, 6.45) is 6.91. The molecule has 3 aromatic carbocycles. The first-order valence-electron chi connectivity index (χ1n) is 14.2. The Hall–Kier alpha value is -3.34. The molecule has 0 heterocycles. The van der Waals surface area contributed by atoms with Crippen LogP contribution >= 0.6 is 0 Å². The van der Waals surface area contributed by atoms with Crippen molar-refractivity contribution in [3.8, 4) is 22.6 Å². The van der Waals surface area contributed by atoms with Crippen LogP contribution in [0.5, 0.6) is 11.5 Å². The van der Waals surface area contributed by atoms with Gasteiger partial charge >= 0.3 is 5.97 Å². The van der Waals surface area contributed by atoms with Crippen LogP contribution in [-0.4, -0.2) is 18.2 Å². The molecule has 3 aromatic rings. The first-order valence-corrected chi connectivity index (χ1v) is 14.2. The molecule has 0 unspecified atom stereocenters. The molecule has 2 fully saturated rings. The number of methoxy groups -OCH3 is 1. The van der Waals surface area contributed by atoms with Gasteiger partial charge in [0.25, 0.3) is 0 Å². The highest BCUT2D eigenvalue weighted by Gasteiger charge is 2.54. The number of fused-ring (bicyclic) bond motifs is 2. The molecule has 0 radical (unpaired) electrons. The molecule has 0 aliphatic heterocycles. The van der Waals surface area contributed by atoms with E-state index in [1.165, 1.54) is 11.6 Å². The lowest BCUT2D eigenvalue weighted by molar-refractivity contribution is -0.149. The van der Waals surface area contributed by atoms with Crippen LogP contribution in [0.1, 0.15) is 80.5 Å². The molecular weight excluding hydrogens is 491 g/mol. The van der Waals surface area contributed by atoms with Gasteiger partial charge in [-0.05, 0) is 108 Å². The molecule has 6 rings (SSSR count). The van der Waals surface area contributed by atoms with Crippen molar-refractivity contribution in [2.24, 2.45) is 11.3 Å². The number of rotatable bonds is 7. The zero-order chi connectivity index (χ0) is 27.4. The van der Waals surface area contributed by atoms with E-state index in [1.807, 2.05) is 18.2 Å². The molecule has 4 nitrogen and oxygen atoms in total. The minimum Gasteiger partial charge on any atom is -0.497 e. The van der Waals surface area contributed by atoms with Crippen LogP contribution in [-0.2, 0) is 23.2 Å². The molecule has 0 bridgehead atoms. The lowest BCUT2D eigenvalue weighted by atomic mass is 9.57. The maximum Gasteiger partial charge on any atom is 0.307 e. The van der Waals surface area contributed by atoms with Gasteiger partial charge in [0, 0.05) is 11.0 Å². The largest absolute Gasteiger partial charge is 0.497 e. The molecule has 3 aliphatic rings. The minimum absolute atomic E-state index is 0.126. The Morgan fingerprint density at radius 1 is 0.974 bits per heavy atom. The number of carboxylic acids is 1. The fourth-order valence-electron chi connectivity index (χ4n) is 7.58. The predicted octanol–water partition coefficient (Wildman–Crippen LogP) is 8.05. The van der Waals surface area contributed by atoms with Crippen molar-refractivity contribution in [2.75, 3.05) is 7.11 Å². The zero-order valence-corrected chi connectivity index (χ0v) is 23.1. The van der Waals surface area contributed by atoms with Gasteiger partial charge < -0.3 is 14.6 Å². The summed E-state index contributed by atoms with van der Waals surface area (Å²) in [4.78, 5) is 11.9. The van der Waals surface area contributed by atoms with Crippen LogP contribution in [0.2, 0.25) is 0 Å². The first kappa shape index (κ1) is 25.9. The maximum absolute atomic E-state index is 15.1. The fraction of sp³-hybridized carbons (Fsp3) is 0.441. The number of carboxylic acid groups (broad SMARTS) is 1.